The number of aliphatic hydroxyl groups is 1. The molecular weight excluding hydrogens is 703 g/mol. The second-order valence-electron chi connectivity index (χ2n) is 12.2. The van der Waals surface area contributed by atoms with Gasteiger partial charge in [0.2, 0.25) is 11.8 Å². The number of hydrogen-bond donors (Lipinski definition) is 4. The molecule has 0 saturated carbocycles. The Morgan fingerprint density at radius 1 is 1.08 bits per heavy atom. The normalized spacial score (nSPS) is 21.4. The molecule has 0 radical (unpaired) electrons. The number of carbonyl (C=O) groups is 1. The lowest BCUT2D eigenvalue weighted by atomic mass is 9.93. The van der Waals surface area contributed by atoms with E-state index >= 15 is 0 Å². The molecule has 1 aliphatic heterocycles. The van der Waals surface area contributed by atoms with Crippen LogP contribution >= 0.6 is 7.75 Å². The first kappa shape index (κ1) is 37.4. The van der Waals surface area contributed by atoms with Gasteiger partial charge in [0, 0.05) is 18.0 Å². The van der Waals surface area contributed by atoms with Crippen LogP contribution in [0.25, 0.3) is 21.6 Å². The molecule has 0 aliphatic carbocycles. The van der Waals surface area contributed by atoms with Gasteiger partial charge in [0.15, 0.2) is 23.5 Å². The minimum atomic E-state index is -4.41. The van der Waals surface area contributed by atoms with Gasteiger partial charge < -0.3 is 25.6 Å². The Hall–Kier alpha value is -5.38. The molecule has 6 atom stereocenters. The molecule has 2 aromatic heterocycles. The van der Waals surface area contributed by atoms with Gasteiger partial charge in [-0.05, 0) is 36.1 Å². The predicted octanol–water partition coefficient (Wildman–Crippen LogP) is 5.12. The standard InChI is InChI=1S/C35H39N10O7P/c1-3-49-32-27-30(41-34(36)42-32)45(22-39-27)33-35(2,43-44-37)29(46)26(51-33)21-50-53(48,40-20-24-15-9-5-10-16-24)52-28(25-17-11-6-12-18-25)31(47)38-19-23-13-7-4-8-14-23/h4-18,22,26,28-29,33,46H,3,19-21H2,1-2H3,(H,38,47)(H,40,48)(H2,36,41,42)/t26-,28?,29-,33-,35-,53?/m1/s1. The minimum Gasteiger partial charge on any atom is -0.476 e. The highest BCUT2D eigenvalue weighted by atomic mass is 31.2. The summed E-state index contributed by atoms with van der Waals surface area (Å²) in [6, 6.07) is 27.0. The van der Waals surface area contributed by atoms with Gasteiger partial charge in [-0.25, -0.2) is 14.6 Å². The van der Waals surface area contributed by atoms with Gasteiger partial charge >= 0.3 is 7.75 Å². The van der Waals surface area contributed by atoms with E-state index in [0.717, 1.165) is 11.1 Å². The third-order valence-electron chi connectivity index (χ3n) is 8.58. The van der Waals surface area contributed by atoms with Gasteiger partial charge in [0.05, 0.1) is 25.6 Å². The van der Waals surface area contributed by atoms with Crippen molar-refractivity contribution in [2.75, 3.05) is 18.9 Å². The number of amides is 1. The van der Waals surface area contributed by atoms with E-state index < -0.39 is 50.3 Å². The summed E-state index contributed by atoms with van der Waals surface area (Å²) in [6.07, 6.45) is -3.90. The number of nitrogen functional groups attached to an aromatic ring is 1. The first-order chi connectivity index (χ1) is 25.6. The lowest BCUT2D eigenvalue weighted by Crippen LogP contribution is -2.42. The van der Waals surface area contributed by atoms with Crippen molar-refractivity contribution in [1.29, 1.82) is 0 Å². The number of nitrogens with two attached hydrogens (primary N) is 1. The third kappa shape index (κ3) is 8.48. The van der Waals surface area contributed by atoms with Gasteiger partial charge in [0.25, 0.3) is 5.91 Å². The molecule has 17 nitrogen and oxygen atoms in total. The van der Waals surface area contributed by atoms with Crippen LogP contribution in [0.2, 0.25) is 0 Å². The maximum Gasteiger partial charge on any atom is 0.407 e. The molecule has 5 N–H and O–H groups in total. The lowest BCUT2D eigenvalue weighted by molar-refractivity contribution is -0.129. The maximum atomic E-state index is 14.7. The lowest BCUT2D eigenvalue weighted by Gasteiger charge is -2.28. The van der Waals surface area contributed by atoms with E-state index in [1.807, 2.05) is 60.7 Å². The second kappa shape index (κ2) is 16.5. The molecule has 3 aromatic carbocycles. The number of aliphatic hydroxyl groups excluding tert-OH is 1. The summed E-state index contributed by atoms with van der Waals surface area (Å²) < 4.78 is 40.1. The van der Waals surface area contributed by atoms with E-state index in [-0.39, 0.29) is 42.7 Å². The highest BCUT2D eigenvalue weighted by Crippen LogP contribution is 2.51. The van der Waals surface area contributed by atoms with Crippen molar-refractivity contribution < 1.29 is 33.0 Å². The monoisotopic (exact) mass is 742 g/mol. The van der Waals surface area contributed by atoms with Crippen LogP contribution in [-0.4, -0.2) is 61.5 Å². The molecule has 6 rings (SSSR count). The average Bonchev–Trinajstić information content (AvgIpc) is 3.70. The number of carbonyl (C=O) groups excluding carboxylic acids is 1. The fourth-order valence-electron chi connectivity index (χ4n) is 5.87. The summed E-state index contributed by atoms with van der Waals surface area (Å²) >= 11 is 0. The van der Waals surface area contributed by atoms with Gasteiger partial charge in [0.1, 0.15) is 11.6 Å². The molecule has 53 heavy (non-hydrogen) atoms. The highest BCUT2D eigenvalue weighted by molar-refractivity contribution is 7.51. The molecule has 0 bridgehead atoms. The first-order valence-electron chi connectivity index (χ1n) is 16.8. The average molecular weight is 743 g/mol. The molecule has 1 amide bonds. The van der Waals surface area contributed by atoms with Crippen LogP contribution in [0.4, 0.5) is 5.95 Å². The van der Waals surface area contributed by atoms with Crippen molar-refractivity contribution in [1.82, 2.24) is 29.9 Å². The van der Waals surface area contributed by atoms with E-state index in [1.165, 1.54) is 17.8 Å². The third-order valence-corrected chi connectivity index (χ3v) is 10.1. The van der Waals surface area contributed by atoms with E-state index in [9.17, 15) is 20.0 Å². The van der Waals surface area contributed by atoms with Gasteiger partial charge in [-0.3, -0.25) is 18.4 Å². The fraction of sp³-hybridized carbons (Fsp3) is 0.314. The molecule has 1 saturated heterocycles. The molecule has 1 fully saturated rings. The highest BCUT2D eigenvalue weighted by Gasteiger charge is 2.55. The Morgan fingerprint density at radius 3 is 2.36 bits per heavy atom. The number of hydrogen-bond acceptors (Lipinski definition) is 12. The van der Waals surface area contributed by atoms with Crippen LogP contribution in [-0.2, 0) is 36.2 Å². The molecule has 3 heterocycles. The zero-order valence-electron chi connectivity index (χ0n) is 28.9. The minimum absolute atomic E-state index is 0.0444. The zero-order valence-corrected chi connectivity index (χ0v) is 29.8. The van der Waals surface area contributed by atoms with Crippen molar-refractivity contribution in [3.8, 4) is 5.88 Å². The molecule has 1 aliphatic rings. The van der Waals surface area contributed by atoms with Crippen LogP contribution < -0.4 is 20.9 Å². The molecule has 276 valence electrons. The largest absolute Gasteiger partial charge is 0.476 e. The fourth-order valence-corrected chi connectivity index (χ4v) is 7.31. The number of nitrogens with one attached hydrogen (secondary N) is 2. The van der Waals surface area contributed by atoms with Crippen LogP contribution in [0.5, 0.6) is 5.88 Å². The second-order valence-corrected chi connectivity index (χ2v) is 14.0. The summed E-state index contributed by atoms with van der Waals surface area (Å²) in [5, 5.41) is 21.2. The van der Waals surface area contributed by atoms with Crippen molar-refractivity contribution >= 4 is 30.8 Å². The number of fused-ring (bicyclic) bond motifs is 1. The van der Waals surface area contributed by atoms with E-state index in [1.54, 1.807) is 37.3 Å². The summed E-state index contributed by atoms with van der Waals surface area (Å²) in [4.78, 5) is 29.5. The van der Waals surface area contributed by atoms with Gasteiger partial charge in [-0.15, -0.1) is 0 Å². The van der Waals surface area contributed by atoms with Gasteiger partial charge in [-0.2, -0.15) is 9.97 Å². The smallest absolute Gasteiger partial charge is 0.407 e. The molecule has 2 unspecified atom stereocenters. The summed E-state index contributed by atoms with van der Waals surface area (Å²) in [7, 11) is -4.41. The molecular formula is C35H39N10O7P. The molecule has 18 heteroatoms. The van der Waals surface area contributed by atoms with E-state index in [4.69, 9.17) is 24.3 Å². The summed E-state index contributed by atoms with van der Waals surface area (Å²) in [6.45, 7) is 3.28. The number of nitrogens with zero attached hydrogens (tertiary/aromatic N) is 7. The molecule has 0 spiro atoms. The number of rotatable bonds is 16. The van der Waals surface area contributed by atoms with Crippen LogP contribution in [0.1, 0.15) is 42.9 Å². The Kier molecular flexibility index (Phi) is 11.7. The summed E-state index contributed by atoms with van der Waals surface area (Å²) in [5.41, 5.74) is 16.4. The van der Waals surface area contributed by atoms with E-state index in [0.29, 0.717) is 5.56 Å². The SMILES string of the molecule is CCOc1nc(N)nc2c1ncn2[C@@H]1O[C@H](COP(=O)(NCc2ccccc2)OC(C(=O)NCc2ccccc2)c2ccccc2)[C@@H](O)[C@@]1(C)N=[N+]=[N-]. The molecule has 5 aromatic rings. The Bertz CT molecular complexity index is 2100. The van der Waals surface area contributed by atoms with Crippen LogP contribution in [0.3, 0.4) is 0 Å². The number of benzene rings is 3. The quantitative estimate of drug-likeness (QED) is 0.0446. The van der Waals surface area contributed by atoms with Crippen LogP contribution in [0, 0.1) is 0 Å². The summed E-state index contributed by atoms with van der Waals surface area (Å²) in [5.74, 6) is -0.519. The van der Waals surface area contributed by atoms with Crippen molar-refractivity contribution in [2.24, 2.45) is 5.11 Å². The van der Waals surface area contributed by atoms with Crippen molar-refractivity contribution in [3.63, 3.8) is 0 Å². The van der Waals surface area contributed by atoms with Crippen molar-refractivity contribution in [2.45, 2.75) is 57.0 Å². The Labute approximate surface area is 304 Å². The van der Waals surface area contributed by atoms with Gasteiger partial charge in [-0.1, -0.05) is 96.1 Å². The van der Waals surface area contributed by atoms with E-state index in [2.05, 4.69) is 35.4 Å². The maximum absolute atomic E-state index is 14.7. The topological polar surface area (TPSA) is 234 Å². The van der Waals surface area contributed by atoms with Crippen LogP contribution in [0.15, 0.2) is 102 Å². The number of anilines is 1. The Morgan fingerprint density at radius 2 is 1.72 bits per heavy atom. The number of aromatic nitrogens is 4. The predicted molar refractivity (Wildman–Crippen MR) is 194 cm³/mol. The first-order valence-corrected chi connectivity index (χ1v) is 18.3. The number of imidazole rings is 1. The number of ether oxygens (including phenoxy) is 2. The Balaban J connectivity index is 1.28. The van der Waals surface area contributed by atoms with Crippen molar-refractivity contribution in [3.05, 3.63) is 124 Å². The zero-order chi connectivity index (χ0) is 37.4. The number of azide groups is 1.